The number of aromatic carboxylic acids is 1. The van der Waals surface area contributed by atoms with Crippen LogP contribution in [0.2, 0.25) is 5.15 Å². The lowest BCUT2D eigenvalue weighted by atomic mass is 10.0. The zero-order valence-corrected chi connectivity index (χ0v) is 18.2. The SMILES string of the molecule is CCc1cc2c(cc1OCC1CC1)O[C@@H](c1scnc1Cl)n1cc(C(=O)O)c(=O)cc1-2. The minimum absolute atomic E-state index is 0.273. The van der Waals surface area contributed by atoms with Gasteiger partial charge in [-0.05, 0) is 36.8 Å². The number of hydrogen-bond acceptors (Lipinski definition) is 6. The minimum atomic E-state index is -1.29. The molecule has 5 rings (SSSR count). The molecule has 1 aromatic carbocycles. The van der Waals surface area contributed by atoms with Crippen molar-refractivity contribution in [1.82, 2.24) is 9.55 Å². The molecule has 2 aromatic heterocycles. The van der Waals surface area contributed by atoms with E-state index in [0.717, 1.165) is 17.7 Å². The van der Waals surface area contributed by atoms with Crippen LogP contribution in [0.5, 0.6) is 11.5 Å². The molecule has 3 aromatic rings. The van der Waals surface area contributed by atoms with Gasteiger partial charge in [0.1, 0.15) is 27.1 Å². The maximum Gasteiger partial charge on any atom is 0.341 e. The van der Waals surface area contributed by atoms with Crippen LogP contribution < -0.4 is 14.9 Å². The van der Waals surface area contributed by atoms with Crippen molar-refractivity contribution in [2.75, 3.05) is 6.61 Å². The summed E-state index contributed by atoms with van der Waals surface area (Å²) < 4.78 is 14.0. The van der Waals surface area contributed by atoms with E-state index in [-0.39, 0.29) is 10.7 Å². The Morgan fingerprint density at radius 1 is 1.39 bits per heavy atom. The van der Waals surface area contributed by atoms with Crippen LogP contribution >= 0.6 is 22.9 Å². The van der Waals surface area contributed by atoms with Crippen molar-refractivity contribution in [1.29, 1.82) is 0 Å². The minimum Gasteiger partial charge on any atom is -0.493 e. The number of fused-ring (bicyclic) bond motifs is 3. The third kappa shape index (κ3) is 3.59. The lowest BCUT2D eigenvalue weighted by Crippen LogP contribution is -2.27. The average molecular weight is 459 g/mol. The molecular formula is C22H19ClN2O5S. The van der Waals surface area contributed by atoms with Crippen LogP contribution in [-0.4, -0.2) is 27.2 Å². The van der Waals surface area contributed by atoms with Crippen molar-refractivity contribution in [3.8, 4) is 22.8 Å². The lowest BCUT2D eigenvalue weighted by molar-refractivity contribution is 0.0693. The van der Waals surface area contributed by atoms with Crippen LogP contribution in [0.1, 0.15) is 46.8 Å². The van der Waals surface area contributed by atoms with Gasteiger partial charge in [0.15, 0.2) is 5.43 Å². The summed E-state index contributed by atoms with van der Waals surface area (Å²) in [6.07, 6.45) is 3.69. The van der Waals surface area contributed by atoms with Crippen LogP contribution in [0, 0.1) is 5.92 Å². The Balaban J connectivity index is 1.69. The normalized spacial score (nSPS) is 16.9. The second-order valence-electron chi connectivity index (χ2n) is 7.69. The van der Waals surface area contributed by atoms with E-state index in [4.69, 9.17) is 21.1 Å². The summed E-state index contributed by atoms with van der Waals surface area (Å²) in [5.74, 6) is 0.637. The summed E-state index contributed by atoms with van der Waals surface area (Å²) in [5.41, 5.74) is 2.98. The highest BCUT2D eigenvalue weighted by atomic mass is 35.5. The molecule has 9 heteroatoms. The molecule has 0 radical (unpaired) electrons. The molecule has 1 aliphatic heterocycles. The number of carboxylic acid groups (broad SMARTS) is 1. The van der Waals surface area contributed by atoms with Gasteiger partial charge in [-0.3, -0.25) is 4.79 Å². The van der Waals surface area contributed by atoms with E-state index in [9.17, 15) is 14.7 Å². The number of thiazole rings is 1. The van der Waals surface area contributed by atoms with Gasteiger partial charge < -0.3 is 19.1 Å². The smallest absolute Gasteiger partial charge is 0.341 e. The van der Waals surface area contributed by atoms with Crippen LogP contribution in [0.3, 0.4) is 0 Å². The van der Waals surface area contributed by atoms with Crippen LogP contribution in [0.15, 0.2) is 34.7 Å². The Hall–Kier alpha value is -2.84. The number of hydrogen-bond donors (Lipinski definition) is 1. The van der Waals surface area contributed by atoms with Gasteiger partial charge in [-0.15, -0.1) is 11.3 Å². The highest BCUT2D eigenvalue weighted by Gasteiger charge is 2.32. The molecule has 1 aliphatic carbocycles. The highest BCUT2D eigenvalue weighted by molar-refractivity contribution is 7.10. The number of aromatic nitrogens is 2. The largest absolute Gasteiger partial charge is 0.493 e. The van der Waals surface area contributed by atoms with Crippen molar-refractivity contribution in [2.24, 2.45) is 5.92 Å². The van der Waals surface area contributed by atoms with Crippen LogP contribution in [-0.2, 0) is 6.42 Å². The summed E-state index contributed by atoms with van der Waals surface area (Å²) in [6.45, 7) is 2.71. The Bertz CT molecular complexity index is 1250. The Morgan fingerprint density at radius 3 is 2.84 bits per heavy atom. The summed E-state index contributed by atoms with van der Waals surface area (Å²) >= 11 is 7.58. The standard InChI is InChI=1S/C22H19ClN2O5S/c1-2-12-5-13-15-6-16(26)14(22(27)28)8-25(15)21(19-20(23)24-10-31-19)30-18(13)7-17(12)29-9-11-3-4-11/h5-8,10-11,21H,2-4,9H2,1H3,(H,27,28)/t21-/m0/s1. The van der Waals surface area contributed by atoms with Crippen molar-refractivity contribution in [3.05, 3.63) is 61.3 Å². The van der Waals surface area contributed by atoms with Gasteiger partial charge in [0, 0.05) is 23.9 Å². The Labute approximate surface area is 186 Å². The van der Waals surface area contributed by atoms with Gasteiger partial charge in [0.2, 0.25) is 6.23 Å². The maximum absolute atomic E-state index is 12.5. The zero-order valence-electron chi connectivity index (χ0n) is 16.6. The second kappa shape index (κ2) is 7.69. The molecule has 0 saturated heterocycles. The molecule has 0 unspecified atom stereocenters. The van der Waals surface area contributed by atoms with Gasteiger partial charge in [0.05, 0.1) is 17.8 Å². The van der Waals surface area contributed by atoms with E-state index in [0.29, 0.717) is 34.4 Å². The quantitative estimate of drug-likeness (QED) is 0.579. The number of pyridine rings is 1. The van der Waals surface area contributed by atoms with Crippen LogP contribution in [0.25, 0.3) is 11.3 Å². The number of aryl methyl sites for hydroxylation is 1. The van der Waals surface area contributed by atoms with Gasteiger partial charge in [0.25, 0.3) is 0 Å². The number of nitrogens with zero attached hydrogens (tertiary/aromatic N) is 2. The van der Waals surface area contributed by atoms with E-state index >= 15 is 0 Å². The Morgan fingerprint density at radius 2 is 2.19 bits per heavy atom. The highest BCUT2D eigenvalue weighted by Crippen LogP contribution is 2.45. The summed E-state index contributed by atoms with van der Waals surface area (Å²) in [5, 5.41) is 9.73. The van der Waals surface area contributed by atoms with Gasteiger partial charge in [-0.1, -0.05) is 18.5 Å². The number of carbonyl (C=O) groups is 1. The zero-order chi connectivity index (χ0) is 21.7. The molecule has 1 saturated carbocycles. The van der Waals surface area contributed by atoms with E-state index < -0.39 is 17.6 Å². The fraction of sp³-hybridized carbons (Fsp3) is 0.318. The maximum atomic E-state index is 12.5. The second-order valence-corrected chi connectivity index (χ2v) is 8.94. The summed E-state index contributed by atoms with van der Waals surface area (Å²) in [7, 11) is 0. The van der Waals surface area contributed by atoms with Crippen LogP contribution in [0.4, 0.5) is 0 Å². The molecule has 0 bridgehead atoms. The first-order chi connectivity index (χ1) is 15.0. The lowest BCUT2D eigenvalue weighted by Gasteiger charge is -2.31. The molecule has 1 N–H and O–H groups in total. The van der Waals surface area contributed by atoms with Crippen molar-refractivity contribution < 1.29 is 19.4 Å². The molecule has 31 heavy (non-hydrogen) atoms. The molecule has 3 heterocycles. The number of halogens is 1. The van der Waals surface area contributed by atoms with E-state index in [1.54, 1.807) is 10.1 Å². The van der Waals surface area contributed by atoms with E-state index in [1.807, 2.05) is 19.1 Å². The van der Waals surface area contributed by atoms with Gasteiger partial charge >= 0.3 is 5.97 Å². The van der Waals surface area contributed by atoms with E-state index in [1.165, 1.54) is 36.4 Å². The van der Waals surface area contributed by atoms with Gasteiger partial charge in [-0.25, -0.2) is 9.78 Å². The first kappa shape index (κ1) is 20.1. The van der Waals surface area contributed by atoms with Crippen molar-refractivity contribution >= 4 is 28.9 Å². The molecule has 1 atom stereocenters. The first-order valence-corrected chi connectivity index (χ1v) is 11.3. The third-order valence-corrected chi connectivity index (χ3v) is 6.84. The topological polar surface area (TPSA) is 90.7 Å². The fourth-order valence-electron chi connectivity index (χ4n) is 3.69. The fourth-order valence-corrected chi connectivity index (χ4v) is 4.72. The molecule has 1 fully saturated rings. The third-order valence-electron chi connectivity index (χ3n) is 5.57. The van der Waals surface area contributed by atoms with Crippen molar-refractivity contribution in [3.63, 3.8) is 0 Å². The number of carboxylic acids is 1. The summed E-state index contributed by atoms with van der Waals surface area (Å²) in [6, 6.07) is 5.16. The molecule has 2 aliphatic rings. The first-order valence-electron chi connectivity index (χ1n) is 10.0. The Kier molecular flexibility index (Phi) is 4.98. The number of benzene rings is 1. The monoisotopic (exact) mass is 458 g/mol. The number of ether oxygens (including phenoxy) is 2. The molecule has 7 nitrogen and oxygen atoms in total. The predicted molar refractivity (Wildman–Crippen MR) is 117 cm³/mol. The molecule has 160 valence electrons. The van der Waals surface area contributed by atoms with Gasteiger partial charge in [-0.2, -0.15) is 0 Å². The average Bonchev–Trinajstić information content (AvgIpc) is 3.49. The number of rotatable bonds is 6. The molecular weight excluding hydrogens is 440 g/mol. The summed E-state index contributed by atoms with van der Waals surface area (Å²) in [4.78, 5) is 28.8. The van der Waals surface area contributed by atoms with E-state index in [2.05, 4.69) is 4.98 Å². The van der Waals surface area contributed by atoms with Crippen molar-refractivity contribution in [2.45, 2.75) is 32.4 Å². The molecule has 0 spiro atoms. The predicted octanol–water partition coefficient (Wildman–Crippen LogP) is 4.61. The molecule has 0 amide bonds.